The quantitative estimate of drug-likeness (QED) is 0.665. The highest BCUT2D eigenvalue weighted by Crippen LogP contribution is 2.41. The number of benzene rings is 1. The first-order valence-corrected chi connectivity index (χ1v) is 11.4. The molecular weight excluding hydrogens is 380 g/mol. The molecule has 4 nitrogen and oxygen atoms in total. The minimum atomic E-state index is -0.0134. The van der Waals surface area contributed by atoms with Crippen molar-refractivity contribution in [2.45, 2.75) is 45.4 Å². The number of carbonyl (C=O) groups is 2. The zero-order valence-corrected chi connectivity index (χ0v) is 17.8. The lowest BCUT2D eigenvalue weighted by atomic mass is 9.93. The third-order valence-electron chi connectivity index (χ3n) is 5.92. The van der Waals surface area contributed by atoms with Crippen molar-refractivity contribution in [1.29, 1.82) is 0 Å². The predicted molar refractivity (Wildman–Crippen MR) is 119 cm³/mol. The Hall–Kier alpha value is -2.40. The van der Waals surface area contributed by atoms with E-state index >= 15 is 0 Å². The maximum atomic E-state index is 13.4. The molecule has 5 heteroatoms. The number of amides is 2. The molecule has 1 fully saturated rings. The largest absolute Gasteiger partial charge is 0.339 e. The highest BCUT2D eigenvalue weighted by atomic mass is 32.1. The Morgan fingerprint density at radius 3 is 2.52 bits per heavy atom. The van der Waals surface area contributed by atoms with Crippen molar-refractivity contribution in [1.82, 2.24) is 4.90 Å². The van der Waals surface area contributed by atoms with E-state index in [0.717, 1.165) is 61.2 Å². The topological polar surface area (TPSA) is 49.4 Å². The van der Waals surface area contributed by atoms with Gasteiger partial charge in [0.1, 0.15) is 5.00 Å². The summed E-state index contributed by atoms with van der Waals surface area (Å²) in [5, 5.41) is 3.83. The van der Waals surface area contributed by atoms with Gasteiger partial charge in [0.05, 0.1) is 5.56 Å². The third-order valence-corrected chi connectivity index (χ3v) is 7.17. The van der Waals surface area contributed by atoms with Gasteiger partial charge in [0.2, 0.25) is 5.91 Å². The molecule has 4 rings (SSSR count). The molecule has 0 radical (unpaired) electrons. The average Bonchev–Trinajstić information content (AvgIpc) is 3.10. The van der Waals surface area contributed by atoms with Gasteiger partial charge in [-0.15, -0.1) is 11.3 Å². The molecule has 2 aromatic rings. The van der Waals surface area contributed by atoms with Gasteiger partial charge in [-0.3, -0.25) is 9.59 Å². The molecule has 1 atom stereocenters. The van der Waals surface area contributed by atoms with Crippen LogP contribution in [0.3, 0.4) is 0 Å². The summed E-state index contributed by atoms with van der Waals surface area (Å²) in [6.45, 7) is 3.61. The Balaban J connectivity index is 1.68. The van der Waals surface area contributed by atoms with Crippen molar-refractivity contribution < 1.29 is 9.59 Å². The molecule has 2 aliphatic rings. The lowest BCUT2D eigenvalue weighted by Gasteiger charge is -2.27. The fourth-order valence-electron chi connectivity index (χ4n) is 4.22. The molecule has 0 spiro atoms. The maximum Gasteiger partial charge on any atom is 0.257 e. The lowest BCUT2D eigenvalue weighted by molar-refractivity contribution is -0.120. The van der Waals surface area contributed by atoms with Crippen LogP contribution in [0, 0.1) is 12.8 Å². The second-order valence-corrected chi connectivity index (χ2v) is 8.97. The van der Waals surface area contributed by atoms with Crippen molar-refractivity contribution >= 4 is 28.2 Å². The number of thiophene rings is 1. The summed E-state index contributed by atoms with van der Waals surface area (Å²) < 4.78 is 0. The van der Waals surface area contributed by atoms with Gasteiger partial charge in [0.25, 0.3) is 5.91 Å². The van der Waals surface area contributed by atoms with E-state index in [2.05, 4.69) is 29.6 Å². The molecule has 1 unspecified atom stereocenters. The monoisotopic (exact) mass is 408 g/mol. The van der Waals surface area contributed by atoms with E-state index in [1.54, 1.807) is 0 Å². The maximum absolute atomic E-state index is 13.4. The summed E-state index contributed by atoms with van der Waals surface area (Å²) in [5.74, 6) is 0.0721. The standard InChI is InChI=1S/C24H28N2O2S/c1-17-20(24(28)26-15-9-4-10-16-26)23(25-22(27)19-13-7-3-8-14-19)29-21(17)18-11-5-2-6-12-18/h2-3,5-7,11-12,19H,4,8-10,13-16H2,1H3,(H,25,27). The molecule has 0 bridgehead atoms. The van der Waals surface area contributed by atoms with Gasteiger partial charge in [0.15, 0.2) is 0 Å². The number of likely N-dealkylation sites (tertiary alicyclic amines) is 1. The molecule has 2 amide bonds. The number of carbonyl (C=O) groups excluding carboxylic acids is 2. The molecule has 0 saturated carbocycles. The van der Waals surface area contributed by atoms with Gasteiger partial charge < -0.3 is 10.2 Å². The zero-order chi connectivity index (χ0) is 20.2. The van der Waals surface area contributed by atoms with Crippen LogP contribution in [-0.2, 0) is 4.79 Å². The summed E-state index contributed by atoms with van der Waals surface area (Å²) >= 11 is 1.53. The van der Waals surface area contributed by atoms with E-state index in [1.165, 1.54) is 17.8 Å². The molecule has 1 N–H and O–H groups in total. The molecule has 1 aliphatic heterocycles. The van der Waals surface area contributed by atoms with E-state index in [9.17, 15) is 9.59 Å². The molecule has 1 aliphatic carbocycles. The number of nitrogens with zero attached hydrogens (tertiary/aromatic N) is 1. The Bertz CT molecular complexity index is 910. The Morgan fingerprint density at radius 1 is 1.07 bits per heavy atom. The summed E-state index contributed by atoms with van der Waals surface area (Å²) in [6.07, 6.45) is 10.1. The van der Waals surface area contributed by atoms with Gasteiger partial charge in [-0.1, -0.05) is 42.5 Å². The van der Waals surface area contributed by atoms with E-state index in [-0.39, 0.29) is 17.7 Å². The van der Waals surface area contributed by atoms with Crippen LogP contribution in [0.5, 0.6) is 0 Å². The molecule has 1 aromatic carbocycles. The molecular formula is C24H28N2O2S. The van der Waals surface area contributed by atoms with E-state index in [4.69, 9.17) is 0 Å². The number of piperidine rings is 1. The fraction of sp³-hybridized carbons (Fsp3) is 0.417. The average molecular weight is 409 g/mol. The van der Waals surface area contributed by atoms with Gasteiger partial charge in [0, 0.05) is 23.9 Å². The molecule has 1 saturated heterocycles. The lowest BCUT2D eigenvalue weighted by Crippen LogP contribution is -2.36. The van der Waals surface area contributed by atoms with Crippen LogP contribution < -0.4 is 5.32 Å². The van der Waals surface area contributed by atoms with Crippen LogP contribution in [0.15, 0.2) is 42.5 Å². The van der Waals surface area contributed by atoms with Crippen molar-refractivity contribution in [3.63, 3.8) is 0 Å². The first-order valence-electron chi connectivity index (χ1n) is 10.6. The number of nitrogens with one attached hydrogen (secondary N) is 1. The van der Waals surface area contributed by atoms with Crippen molar-refractivity contribution in [2.24, 2.45) is 5.92 Å². The third kappa shape index (κ3) is 4.30. The van der Waals surface area contributed by atoms with Crippen molar-refractivity contribution in [3.8, 4) is 10.4 Å². The van der Waals surface area contributed by atoms with E-state index in [0.29, 0.717) is 10.6 Å². The van der Waals surface area contributed by atoms with Crippen LogP contribution in [0.1, 0.15) is 54.4 Å². The van der Waals surface area contributed by atoms with Crippen LogP contribution in [0.2, 0.25) is 0 Å². The summed E-state index contributed by atoms with van der Waals surface area (Å²) in [5.41, 5.74) is 2.73. The summed E-state index contributed by atoms with van der Waals surface area (Å²) in [7, 11) is 0. The normalized spacial score (nSPS) is 19.2. The van der Waals surface area contributed by atoms with Crippen LogP contribution >= 0.6 is 11.3 Å². The number of rotatable bonds is 4. The zero-order valence-electron chi connectivity index (χ0n) is 16.9. The summed E-state index contributed by atoms with van der Waals surface area (Å²) in [4.78, 5) is 29.3. The van der Waals surface area contributed by atoms with E-state index < -0.39 is 0 Å². The van der Waals surface area contributed by atoms with Crippen molar-refractivity contribution in [2.75, 3.05) is 18.4 Å². The second-order valence-electron chi connectivity index (χ2n) is 7.95. The van der Waals surface area contributed by atoms with Crippen LogP contribution in [0.4, 0.5) is 5.00 Å². The SMILES string of the molecule is Cc1c(-c2ccccc2)sc(NC(=O)C2CC=CCC2)c1C(=O)N1CCCCC1. The van der Waals surface area contributed by atoms with Gasteiger partial charge in [-0.05, 0) is 56.6 Å². The van der Waals surface area contributed by atoms with Crippen LogP contribution in [0.25, 0.3) is 10.4 Å². The minimum absolute atomic E-state index is 0.0134. The van der Waals surface area contributed by atoms with Gasteiger partial charge in [-0.2, -0.15) is 0 Å². The molecule has 29 heavy (non-hydrogen) atoms. The Labute approximate surface area is 176 Å². The smallest absolute Gasteiger partial charge is 0.257 e. The minimum Gasteiger partial charge on any atom is -0.339 e. The molecule has 2 heterocycles. The number of hydrogen-bond acceptors (Lipinski definition) is 3. The molecule has 152 valence electrons. The number of hydrogen-bond donors (Lipinski definition) is 1. The Kier molecular flexibility index (Phi) is 6.14. The van der Waals surface area contributed by atoms with Gasteiger partial charge in [-0.25, -0.2) is 0 Å². The predicted octanol–water partition coefficient (Wildman–Crippen LogP) is 5.64. The first kappa shape index (κ1) is 19.9. The second kappa shape index (κ2) is 8.95. The summed E-state index contributed by atoms with van der Waals surface area (Å²) in [6, 6.07) is 10.1. The van der Waals surface area contributed by atoms with Gasteiger partial charge >= 0.3 is 0 Å². The Morgan fingerprint density at radius 2 is 1.83 bits per heavy atom. The van der Waals surface area contributed by atoms with Crippen molar-refractivity contribution in [3.05, 3.63) is 53.6 Å². The first-order chi connectivity index (χ1) is 14.1. The fourth-order valence-corrected chi connectivity index (χ4v) is 5.43. The number of anilines is 1. The highest BCUT2D eigenvalue weighted by Gasteiger charge is 2.29. The molecule has 1 aromatic heterocycles. The van der Waals surface area contributed by atoms with E-state index in [1.807, 2.05) is 30.0 Å². The highest BCUT2D eigenvalue weighted by molar-refractivity contribution is 7.20. The van der Waals surface area contributed by atoms with Crippen LogP contribution in [-0.4, -0.2) is 29.8 Å². The number of allylic oxidation sites excluding steroid dienone is 2.